The third kappa shape index (κ3) is 3.26. The number of rotatable bonds is 6. The van der Waals surface area contributed by atoms with E-state index in [2.05, 4.69) is 56.0 Å². The minimum Gasteiger partial charge on any atom is -0.372 e. The first-order valence-corrected chi connectivity index (χ1v) is 9.62. The molecular weight excluding hydrogens is 322 g/mol. The molecule has 1 aliphatic heterocycles. The van der Waals surface area contributed by atoms with Crippen molar-refractivity contribution in [1.29, 1.82) is 0 Å². The van der Waals surface area contributed by atoms with Gasteiger partial charge in [0, 0.05) is 49.8 Å². The number of hydrogen-bond acceptors (Lipinski definition) is 3. The second-order valence-electron chi connectivity index (χ2n) is 7.02. The molecular formula is C21H27N5. The van der Waals surface area contributed by atoms with Gasteiger partial charge in [-0.3, -0.25) is 0 Å². The van der Waals surface area contributed by atoms with Crippen LogP contribution in [0, 0.1) is 6.92 Å². The van der Waals surface area contributed by atoms with Crippen molar-refractivity contribution < 1.29 is 0 Å². The Balaban J connectivity index is 1.50. The SMILES string of the molecule is CCN1CCCc2cc(-c3cncn3CCCn3ccnc3C)ccc21. The Labute approximate surface area is 155 Å². The summed E-state index contributed by atoms with van der Waals surface area (Å²) < 4.78 is 4.48. The summed E-state index contributed by atoms with van der Waals surface area (Å²) in [5.41, 5.74) is 5.36. The van der Waals surface area contributed by atoms with Crippen LogP contribution in [0.25, 0.3) is 11.3 Å². The smallest absolute Gasteiger partial charge is 0.105 e. The van der Waals surface area contributed by atoms with E-state index in [0.29, 0.717) is 0 Å². The summed E-state index contributed by atoms with van der Waals surface area (Å²) in [6.45, 7) is 8.49. The van der Waals surface area contributed by atoms with Crippen molar-refractivity contribution in [2.24, 2.45) is 0 Å². The lowest BCUT2D eigenvalue weighted by Gasteiger charge is -2.30. The molecule has 0 unspecified atom stereocenters. The molecule has 2 aromatic heterocycles. The summed E-state index contributed by atoms with van der Waals surface area (Å²) in [4.78, 5) is 11.2. The van der Waals surface area contributed by atoms with E-state index in [-0.39, 0.29) is 0 Å². The molecule has 3 aromatic rings. The highest BCUT2D eigenvalue weighted by atomic mass is 15.1. The maximum absolute atomic E-state index is 4.41. The first-order valence-electron chi connectivity index (χ1n) is 9.62. The Morgan fingerprint density at radius 1 is 1.15 bits per heavy atom. The van der Waals surface area contributed by atoms with E-state index in [4.69, 9.17) is 0 Å². The molecule has 0 radical (unpaired) electrons. The van der Waals surface area contributed by atoms with Crippen LogP contribution in [-0.4, -0.2) is 32.2 Å². The largest absolute Gasteiger partial charge is 0.372 e. The van der Waals surface area contributed by atoms with Crippen molar-refractivity contribution in [3.05, 3.63) is 54.5 Å². The first-order chi connectivity index (χ1) is 12.8. The van der Waals surface area contributed by atoms with Gasteiger partial charge < -0.3 is 14.0 Å². The molecule has 0 atom stereocenters. The lowest BCUT2D eigenvalue weighted by atomic mass is 9.98. The van der Waals surface area contributed by atoms with E-state index in [1.54, 1.807) is 0 Å². The van der Waals surface area contributed by atoms with Crippen LogP contribution in [0.1, 0.15) is 31.2 Å². The van der Waals surface area contributed by atoms with Crippen molar-refractivity contribution in [3.8, 4) is 11.3 Å². The molecule has 0 amide bonds. The number of benzene rings is 1. The number of fused-ring (bicyclic) bond motifs is 1. The van der Waals surface area contributed by atoms with Gasteiger partial charge in [0.2, 0.25) is 0 Å². The Bertz CT molecular complexity index is 876. The monoisotopic (exact) mass is 349 g/mol. The van der Waals surface area contributed by atoms with Gasteiger partial charge in [0.05, 0.1) is 18.2 Å². The molecule has 5 nitrogen and oxygen atoms in total. The first kappa shape index (κ1) is 16.9. The molecule has 136 valence electrons. The van der Waals surface area contributed by atoms with E-state index in [0.717, 1.165) is 31.9 Å². The van der Waals surface area contributed by atoms with Gasteiger partial charge in [0.25, 0.3) is 0 Å². The molecule has 0 saturated carbocycles. The van der Waals surface area contributed by atoms with Crippen molar-refractivity contribution in [3.63, 3.8) is 0 Å². The standard InChI is InChI=1S/C21H27N5/c1-3-24-10-4-6-18-14-19(7-8-20(18)24)21-15-22-16-26(21)12-5-11-25-13-9-23-17(25)2/h7-9,13-16H,3-6,10-12H2,1-2H3. The summed E-state index contributed by atoms with van der Waals surface area (Å²) in [7, 11) is 0. The average Bonchev–Trinajstić information content (AvgIpc) is 3.30. The molecule has 5 heteroatoms. The average molecular weight is 349 g/mol. The maximum Gasteiger partial charge on any atom is 0.105 e. The Morgan fingerprint density at radius 3 is 2.85 bits per heavy atom. The van der Waals surface area contributed by atoms with Gasteiger partial charge in [0.1, 0.15) is 5.82 Å². The number of aromatic nitrogens is 4. The number of hydrogen-bond donors (Lipinski definition) is 0. The third-order valence-electron chi connectivity index (χ3n) is 5.41. The highest BCUT2D eigenvalue weighted by Gasteiger charge is 2.16. The van der Waals surface area contributed by atoms with Crippen LogP contribution in [-0.2, 0) is 19.5 Å². The van der Waals surface area contributed by atoms with Gasteiger partial charge in [-0.25, -0.2) is 9.97 Å². The second kappa shape index (κ2) is 7.36. The quantitative estimate of drug-likeness (QED) is 0.677. The predicted octanol–water partition coefficient (Wildman–Crippen LogP) is 3.92. The molecule has 3 heterocycles. The Kier molecular flexibility index (Phi) is 4.78. The molecule has 4 rings (SSSR count). The minimum atomic E-state index is 0.963. The van der Waals surface area contributed by atoms with Crippen molar-refractivity contribution >= 4 is 5.69 Å². The van der Waals surface area contributed by atoms with E-state index < -0.39 is 0 Å². The number of nitrogens with zero attached hydrogens (tertiary/aromatic N) is 5. The van der Waals surface area contributed by atoms with E-state index >= 15 is 0 Å². The summed E-state index contributed by atoms with van der Waals surface area (Å²) in [6, 6.07) is 6.91. The molecule has 0 spiro atoms. The fraction of sp³-hybridized carbons (Fsp3) is 0.429. The number of aryl methyl sites for hydroxylation is 4. The second-order valence-corrected chi connectivity index (χ2v) is 7.02. The van der Waals surface area contributed by atoms with Gasteiger partial charge >= 0.3 is 0 Å². The van der Waals surface area contributed by atoms with Crippen LogP contribution in [0.3, 0.4) is 0 Å². The minimum absolute atomic E-state index is 0.963. The lowest BCUT2D eigenvalue weighted by Crippen LogP contribution is -2.28. The molecule has 1 aliphatic rings. The van der Waals surface area contributed by atoms with Crippen LogP contribution < -0.4 is 4.90 Å². The zero-order valence-corrected chi connectivity index (χ0v) is 15.7. The van der Waals surface area contributed by atoms with E-state index in [9.17, 15) is 0 Å². The van der Waals surface area contributed by atoms with Gasteiger partial charge in [-0.15, -0.1) is 0 Å². The molecule has 0 bridgehead atoms. The number of anilines is 1. The van der Waals surface area contributed by atoms with Gasteiger partial charge in [0.15, 0.2) is 0 Å². The van der Waals surface area contributed by atoms with Gasteiger partial charge in [-0.1, -0.05) is 6.07 Å². The van der Waals surface area contributed by atoms with Gasteiger partial charge in [-0.2, -0.15) is 0 Å². The van der Waals surface area contributed by atoms with Crippen molar-refractivity contribution in [1.82, 2.24) is 19.1 Å². The third-order valence-corrected chi connectivity index (χ3v) is 5.41. The highest BCUT2D eigenvalue weighted by molar-refractivity contribution is 5.67. The fourth-order valence-electron chi connectivity index (χ4n) is 3.95. The zero-order chi connectivity index (χ0) is 17.9. The predicted molar refractivity (Wildman–Crippen MR) is 105 cm³/mol. The Hall–Kier alpha value is -2.56. The molecule has 0 N–H and O–H groups in total. The molecule has 0 aliphatic carbocycles. The van der Waals surface area contributed by atoms with Crippen LogP contribution in [0.5, 0.6) is 0 Å². The number of imidazole rings is 2. The van der Waals surface area contributed by atoms with Crippen molar-refractivity contribution in [2.45, 2.75) is 46.2 Å². The molecule has 1 aromatic carbocycles. The van der Waals surface area contributed by atoms with E-state index in [1.165, 1.54) is 41.9 Å². The summed E-state index contributed by atoms with van der Waals surface area (Å²) >= 11 is 0. The van der Waals surface area contributed by atoms with Crippen LogP contribution in [0.4, 0.5) is 5.69 Å². The van der Waals surface area contributed by atoms with E-state index in [1.807, 2.05) is 24.9 Å². The maximum atomic E-state index is 4.41. The van der Waals surface area contributed by atoms with Gasteiger partial charge in [-0.05, 0) is 50.8 Å². The lowest BCUT2D eigenvalue weighted by molar-refractivity contribution is 0.557. The molecule has 26 heavy (non-hydrogen) atoms. The van der Waals surface area contributed by atoms with Crippen LogP contribution in [0.15, 0.2) is 43.1 Å². The van der Waals surface area contributed by atoms with Crippen LogP contribution >= 0.6 is 0 Å². The fourth-order valence-corrected chi connectivity index (χ4v) is 3.95. The summed E-state index contributed by atoms with van der Waals surface area (Å²) in [5.74, 6) is 1.08. The molecule has 0 fully saturated rings. The highest BCUT2D eigenvalue weighted by Crippen LogP contribution is 2.31. The summed E-state index contributed by atoms with van der Waals surface area (Å²) in [5, 5.41) is 0. The summed E-state index contributed by atoms with van der Waals surface area (Å²) in [6.07, 6.45) is 11.3. The van der Waals surface area contributed by atoms with Crippen LogP contribution in [0.2, 0.25) is 0 Å². The topological polar surface area (TPSA) is 38.9 Å². The Morgan fingerprint density at radius 2 is 2.04 bits per heavy atom. The normalized spacial score (nSPS) is 13.8. The molecule has 0 saturated heterocycles. The van der Waals surface area contributed by atoms with Crippen molar-refractivity contribution in [2.75, 3.05) is 18.0 Å². The zero-order valence-electron chi connectivity index (χ0n) is 15.7.